The fourth-order valence-corrected chi connectivity index (χ4v) is 3.51. The average Bonchev–Trinajstić information content (AvgIpc) is 3.09. The average molecular weight is 347 g/mol. The van der Waals surface area contributed by atoms with E-state index in [9.17, 15) is 8.42 Å². The normalized spacial score (nSPS) is 26.5. The summed E-state index contributed by atoms with van der Waals surface area (Å²) < 4.78 is 34.8. The third-order valence-electron chi connectivity index (χ3n) is 4.21. The Hall–Kier alpha value is -0.860. The van der Waals surface area contributed by atoms with Gasteiger partial charge in [0, 0.05) is 32.0 Å². The molecular weight excluding hydrogens is 318 g/mol. The van der Waals surface area contributed by atoms with Gasteiger partial charge in [-0.15, -0.1) is 0 Å². The number of nitrogens with zero attached hydrogens (tertiary/aromatic N) is 2. The van der Waals surface area contributed by atoms with Crippen molar-refractivity contribution in [1.82, 2.24) is 10.2 Å². The first-order valence-electron chi connectivity index (χ1n) is 8.52. The van der Waals surface area contributed by atoms with Crippen LogP contribution in [0.25, 0.3) is 0 Å². The van der Waals surface area contributed by atoms with Crippen molar-refractivity contribution >= 4 is 15.8 Å². The summed E-state index contributed by atoms with van der Waals surface area (Å²) >= 11 is 0. The second-order valence-corrected chi connectivity index (χ2v) is 8.35. The van der Waals surface area contributed by atoms with Gasteiger partial charge in [-0.3, -0.25) is 4.99 Å². The number of hydrogen-bond donors (Lipinski definition) is 1. The molecule has 0 aromatic heterocycles. The predicted molar refractivity (Wildman–Crippen MR) is 90.6 cm³/mol. The Bertz CT molecular complexity index is 489. The number of morpholine rings is 1. The number of nitrogens with one attached hydrogen (secondary N) is 1. The van der Waals surface area contributed by atoms with Gasteiger partial charge in [-0.05, 0) is 19.8 Å². The molecule has 23 heavy (non-hydrogen) atoms. The molecule has 2 aliphatic rings. The Kier molecular flexibility index (Phi) is 7.10. The standard InChI is InChI=1S/C15H29N3O4S/c1-3-16-15(17-7-11-23(19,20)4-2)18-8-10-22-14(12-18)13-6-5-9-21-13/h13-14H,3-12H2,1-2H3,(H,16,17). The van der Waals surface area contributed by atoms with E-state index in [1.807, 2.05) is 6.92 Å². The zero-order valence-electron chi connectivity index (χ0n) is 14.2. The highest BCUT2D eigenvalue weighted by Gasteiger charge is 2.32. The van der Waals surface area contributed by atoms with Crippen LogP contribution in [-0.4, -0.2) is 82.4 Å². The van der Waals surface area contributed by atoms with E-state index in [2.05, 4.69) is 15.2 Å². The molecule has 0 aliphatic carbocycles. The summed E-state index contributed by atoms with van der Waals surface area (Å²) in [4.78, 5) is 6.64. The van der Waals surface area contributed by atoms with Gasteiger partial charge >= 0.3 is 0 Å². The molecule has 134 valence electrons. The first-order chi connectivity index (χ1) is 11.1. The van der Waals surface area contributed by atoms with Crippen LogP contribution < -0.4 is 5.32 Å². The first kappa shape index (κ1) is 18.5. The highest BCUT2D eigenvalue weighted by Crippen LogP contribution is 2.21. The van der Waals surface area contributed by atoms with Crippen LogP contribution in [0.1, 0.15) is 26.7 Å². The van der Waals surface area contributed by atoms with Crippen molar-refractivity contribution in [3.8, 4) is 0 Å². The molecule has 0 bridgehead atoms. The van der Waals surface area contributed by atoms with E-state index < -0.39 is 9.84 Å². The molecule has 1 N–H and O–H groups in total. The molecule has 0 amide bonds. The van der Waals surface area contributed by atoms with Crippen LogP contribution in [0.5, 0.6) is 0 Å². The zero-order valence-corrected chi connectivity index (χ0v) is 15.0. The molecule has 0 spiro atoms. The Morgan fingerprint density at radius 1 is 1.26 bits per heavy atom. The SMILES string of the molecule is CCNC(=NCCS(=O)(=O)CC)N1CCOC(C2CCCO2)C1. The van der Waals surface area contributed by atoms with Gasteiger partial charge in [0.25, 0.3) is 0 Å². The molecule has 2 fully saturated rings. The van der Waals surface area contributed by atoms with Gasteiger partial charge < -0.3 is 19.7 Å². The maximum atomic E-state index is 11.6. The first-order valence-corrected chi connectivity index (χ1v) is 10.3. The highest BCUT2D eigenvalue weighted by atomic mass is 32.2. The summed E-state index contributed by atoms with van der Waals surface area (Å²) in [6.07, 6.45) is 2.37. The Morgan fingerprint density at radius 2 is 2.04 bits per heavy atom. The van der Waals surface area contributed by atoms with Crippen molar-refractivity contribution < 1.29 is 17.9 Å². The molecule has 0 saturated carbocycles. The minimum atomic E-state index is -2.98. The summed E-state index contributed by atoms with van der Waals surface area (Å²) in [6.45, 7) is 7.67. The third kappa shape index (κ3) is 5.61. The van der Waals surface area contributed by atoms with Gasteiger partial charge in [-0.25, -0.2) is 8.42 Å². The second kappa shape index (κ2) is 8.84. The largest absolute Gasteiger partial charge is 0.375 e. The van der Waals surface area contributed by atoms with Crippen LogP contribution in [0.3, 0.4) is 0 Å². The van der Waals surface area contributed by atoms with Crippen LogP contribution in [0.2, 0.25) is 0 Å². The topological polar surface area (TPSA) is 80.2 Å². The fraction of sp³-hybridized carbons (Fsp3) is 0.933. The number of rotatable bonds is 6. The summed E-state index contributed by atoms with van der Waals surface area (Å²) in [5, 5.41) is 3.25. The van der Waals surface area contributed by atoms with E-state index in [0.717, 1.165) is 45.0 Å². The summed E-state index contributed by atoms with van der Waals surface area (Å²) in [5.74, 6) is 1.03. The number of hydrogen-bond acceptors (Lipinski definition) is 5. The van der Waals surface area contributed by atoms with Crippen molar-refractivity contribution in [3.05, 3.63) is 0 Å². The molecule has 0 aromatic carbocycles. The molecule has 8 heteroatoms. The van der Waals surface area contributed by atoms with E-state index >= 15 is 0 Å². The van der Waals surface area contributed by atoms with Gasteiger partial charge in [-0.2, -0.15) is 0 Å². The molecule has 7 nitrogen and oxygen atoms in total. The van der Waals surface area contributed by atoms with E-state index in [-0.39, 0.29) is 23.7 Å². The predicted octanol–water partition coefficient (Wildman–Crippen LogP) is 0.266. The van der Waals surface area contributed by atoms with Gasteiger partial charge in [0.1, 0.15) is 6.10 Å². The third-order valence-corrected chi connectivity index (χ3v) is 5.90. The number of aliphatic imine (C=N–C) groups is 1. The molecule has 2 unspecified atom stereocenters. The Labute approximate surface area is 139 Å². The summed E-state index contributed by atoms with van der Waals surface area (Å²) in [6, 6.07) is 0. The van der Waals surface area contributed by atoms with Crippen LogP contribution in [-0.2, 0) is 19.3 Å². The summed E-state index contributed by atoms with van der Waals surface area (Å²) in [7, 11) is -2.98. The Morgan fingerprint density at radius 3 is 2.70 bits per heavy atom. The van der Waals surface area contributed by atoms with Crippen molar-refractivity contribution in [2.24, 2.45) is 4.99 Å². The monoisotopic (exact) mass is 347 g/mol. The molecule has 2 atom stereocenters. The fourth-order valence-electron chi connectivity index (χ4n) is 2.85. The molecule has 2 heterocycles. The van der Waals surface area contributed by atoms with E-state index in [4.69, 9.17) is 9.47 Å². The molecule has 0 aromatic rings. The number of ether oxygens (including phenoxy) is 2. The second-order valence-electron chi connectivity index (χ2n) is 5.88. The lowest BCUT2D eigenvalue weighted by Gasteiger charge is -2.37. The summed E-state index contributed by atoms with van der Waals surface area (Å²) in [5.41, 5.74) is 0. The minimum absolute atomic E-state index is 0.0643. The maximum absolute atomic E-state index is 11.6. The quantitative estimate of drug-likeness (QED) is 0.549. The molecular formula is C15H29N3O4S. The van der Waals surface area contributed by atoms with Crippen LogP contribution in [0, 0.1) is 0 Å². The molecule has 2 rings (SSSR count). The number of sulfone groups is 1. The lowest BCUT2D eigenvalue weighted by molar-refractivity contribution is -0.0816. The minimum Gasteiger partial charge on any atom is -0.375 e. The smallest absolute Gasteiger partial charge is 0.194 e. The highest BCUT2D eigenvalue weighted by molar-refractivity contribution is 7.91. The molecule has 2 aliphatic heterocycles. The van der Waals surface area contributed by atoms with E-state index in [1.54, 1.807) is 6.92 Å². The van der Waals surface area contributed by atoms with E-state index in [0.29, 0.717) is 13.2 Å². The molecule has 0 radical (unpaired) electrons. The number of guanidine groups is 1. The van der Waals surface area contributed by atoms with Crippen molar-refractivity contribution in [2.45, 2.75) is 38.9 Å². The van der Waals surface area contributed by atoms with Crippen LogP contribution in [0.4, 0.5) is 0 Å². The van der Waals surface area contributed by atoms with Gasteiger partial charge in [0.05, 0.1) is 25.0 Å². The van der Waals surface area contributed by atoms with Crippen molar-refractivity contribution in [2.75, 3.05) is 50.9 Å². The Balaban J connectivity index is 1.95. The lowest BCUT2D eigenvalue weighted by atomic mass is 10.1. The van der Waals surface area contributed by atoms with Crippen LogP contribution in [0.15, 0.2) is 4.99 Å². The molecule has 2 saturated heterocycles. The van der Waals surface area contributed by atoms with Gasteiger partial charge in [0.2, 0.25) is 0 Å². The van der Waals surface area contributed by atoms with E-state index in [1.165, 1.54) is 0 Å². The van der Waals surface area contributed by atoms with Crippen LogP contribution >= 0.6 is 0 Å². The van der Waals surface area contributed by atoms with Gasteiger partial charge in [-0.1, -0.05) is 6.92 Å². The van der Waals surface area contributed by atoms with Crippen molar-refractivity contribution in [1.29, 1.82) is 0 Å². The van der Waals surface area contributed by atoms with Gasteiger partial charge in [0.15, 0.2) is 15.8 Å². The maximum Gasteiger partial charge on any atom is 0.194 e. The zero-order chi connectivity index (χ0) is 16.7. The van der Waals surface area contributed by atoms with Crippen molar-refractivity contribution in [3.63, 3.8) is 0 Å². The lowest BCUT2D eigenvalue weighted by Crippen LogP contribution is -2.53.